The van der Waals surface area contributed by atoms with Gasteiger partial charge in [-0.05, 0) is 79.9 Å². The van der Waals surface area contributed by atoms with E-state index in [1.54, 1.807) is 24.3 Å². The van der Waals surface area contributed by atoms with E-state index in [4.69, 9.17) is 9.72 Å². The molecule has 8 heteroatoms. The van der Waals surface area contributed by atoms with Crippen LogP contribution in [0.2, 0.25) is 0 Å². The molecule has 1 aromatic heterocycles. The summed E-state index contributed by atoms with van der Waals surface area (Å²) in [5, 5.41) is 11.5. The number of aliphatic hydroxyl groups is 1. The number of fused-ring (bicyclic) bond motifs is 1. The zero-order chi connectivity index (χ0) is 25.6. The number of benzene rings is 3. The number of anilines is 1. The second-order valence-corrected chi connectivity index (χ2v) is 9.61. The molecule has 1 aliphatic heterocycles. The SMILES string of the molecule is CCOc1ccc(C2C(=C(O)c3ccc(F)cc3)C(=O)C(=O)N2c2nc3c(C)cc(C)cc3s2)cc1. The number of ether oxygens (including phenoxy) is 1. The van der Waals surface area contributed by atoms with E-state index in [1.165, 1.54) is 40.5 Å². The highest BCUT2D eigenvalue weighted by molar-refractivity contribution is 7.22. The molecular formula is C28H23FN2O4S. The first kappa shape index (κ1) is 23.7. The van der Waals surface area contributed by atoms with Crippen LogP contribution in [0.1, 0.15) is 35.2 Å². The summed E-state index contributed by atoms with van der Waals surface area (Å²) in [5.74, 6) is -1.82. The number of hydrogen-bond donors (Lipinski definition) is 1. The largest absolute Gasteiger partial charge is 0.507 e. The molecule has 1 aliphatic rings. The number of hydrogen-bond acceptors (Lipinski definition) is 6. The van der Waals surface area contributed by atoms with Crippen LogP contribution in [0.5, 0.6) is 5.75 Å². The van der Waals surface area contributed by atoms with Crippen molar-refractivity contribution in [2.75, 3.05) is 11.5 Å². The standard InChI is InChI=1S/C28H23FN2O4S/c1-4-35-20-11-7-17(8-12-20)24-22(25(32)18-5-9-19(29)10-6-18)26(33)27(34)31(24)28-30-23-16(3)13-15(2)14-21(23)36-28/h5-14,24,32H,4H2,1-3H3. The van der Waals surface area contributed by atoms with Crippen LogP contribution in [-0.4, -0.2) is 28.4 Å². The number of carbonyl (C=O) groups is 2. The van der Waals surface area contributed by atoms with Crippen LogP contribution in [0.3, 0.4) is 0 Å². The number of nitrogens with zero attached hydrogens (tertiary/aromatic N) is 2. The van der Waals surface area contributed by atoms with E-state index in [9.17, 15) is 19.1 Å². The van der Waals surface area contributed by atoms with Gasteiger partial charge in [0.2, 0.25) is 0 Å². The average Bonchev–Trinajstić information content (AvgIpc) is 3.38. The zero-order valence-corrected chi connectivity index (χ0v) is 20.7. The lowest BCUT2D eigenvalue weighted by molar-refractivity contribution is -0.132. The summed E-state index contributed by atoms with van der Waals surface area (Å²) in [6, 6.07) is 15.2. The van der Waals surface area contributed by atoms with Gasteiger partial charge in [-0.2, -0.15) is 0 Å². The number of aromatic nitrogens is 1. The summed E-state index contributed by atoms with van der Waals surface area (Å²) in [6.45, 7) is 6.31. The number of aryl methyl sites for hydroxylation is 2. The van der Waals surface area contributed by atoms with Crippen LogP contribution in [0.4, 0.5) is 9.52 Å². The molecule has 6 nitrogen and oxygen atoms in total. The molecular weight excluding hydrogens is 479 g/mol. The second kappa shape index (κ2) is 9.20. The van der Waals surface area contributed by atoms with Gasteiger partial charge in [0.25, 0.3) is 5.78 Å². The molecule has 0 radical (unpaired) electrons. The fourth-order valence-electron chi connectivity index (χ4n) is 4.48. The quantitative estimate of drug-likeness (QED) is 0.203. The van der Waals surface area contributed by atoms with Crippen molar-refractivity contribution >= 4 is 44.1 Å². The lowest BCUT2D eigenvalue weighted by Gasteiger charge is -2.23. The number of amides is 1. The first-order valence-electron chi connectivity index (χ1n) is 11.5. The minimum Gasteiger partial charge on any atom is -0.507 e. The minimum absolute atomic E-state index is 0.0806. The number of halogens is 1. The molecule has 182 valence electrons. The topological polar surface area (TPSA) is 79.7 Å². The molecule has 0 aliphatic carbocycles. The molecule has 0 saturated carbocycles. The van der Waals surface area contributed by atoms with Crippen LogP contribution < -0.4 is 9.64 Å². The third-order valence-electron chi connectivity index (χ3n) is 6.09. The van der Waals surface area contributed by atoms with Gasteiger partial charge in [-0.15, -0.1) is 0 Å². The Morgan fingerprint density at radius 1 is 1.08 bits per heavy atom. The van der Waals surface area contributed by atoms with E-state index in [2.05, 4.69) is 0 Å². The van der Waals surface area contributed by atoms with Crippen LogP contribution in [-0.2, 0) is 9.59 Å². The maximum absolute atomic E-state index is 13.5. The highest BCUT2D eigenvalue weighted by Crippen LogP contribution is 2.45. The predicted octanol–water partition coefficient (Wildman–Crippen LogP) is 6.08. The van der Waals surface area contributed by atoms with Gasteiger partial charge < -0.3 is 9.84 Å². The third-order valence-corrected chi connectivity index (χ3v) is 7.10. The van der Waals surface area contributed by atoms with Gasteiger partial charge in [0.15, 0.2) is 5.13 Å². The first-order chi connectivity index (χ1) is 17.3. The summed E-state index contributed by atoms with van der Waals surface area (Å²) in [7, 11) is 0. The summed E-state index contributed by atoms with van der Waals surface area (Å²) in [6.07, 6.45) is 0. The van der Waals surface area contributed by atoms with E-state index < -0.39 is 23.5 Å². The highest BCUT2D eigenvalue weighted by Gasteiger charge is 2.48. The Morgan fingerprint density at radius 3 is 2.44 bits per heavy atom. The lowest BCUT2D eigenvalue weighted by Crippen LogP contribution is -2.29. The van der Waals surface area contributed by atoms with Crippen molar-refractivity contribution in [1.29, 1.82) is 0 Å². The Bertz CT molecular complexity index is 1520. The summed E-state index contributed by atoms with van der Waals surface area (Å²) >= 11 is 1.31. The Morgan fingerprint density at radius 2 is 1.78 bits per heavy atom. The first-order valence-corrected chi connectivity index (χ1v) is 12.3. The Hall–Kier alpha value is -4.04. The molecule has 1 atom stereocenters. The Balaban J connectivity index is 1.71. The van der Waals surface area contributed by atoms with Gasteiger partial charge in [-0.25, -0.2) is 9.37 Å². The molecule has 1 unspecified atom stereocenters. The van der Waals surface area contributed by atoms with Crippen molar-refractivity contribution in [3.05, 3.63) is 94.3 Å². The van der Waals surface area contributed by atoms with Gasteiger partial charge in [-0.3, -0.25) is 14.5 Å². The smallest absolute Gasteiger partial charge is 0.301 e. The van der Waals surface area contributed by atoms with E-state index in [0.29, 0.717) is 23.1 Å². The number of carbonyl (C=O) groups excluding carboxylic acids is 2. The number of rotatable bonds is 5. The second-order valence-electron chi connectivity index (χ2n) is 8.60. The number of thiazole rings is 1. The maximum Gasteiger partial charge on any atom is 0.301 e. The van der Waals surface area contributed by atoms with Gasteiger partial charge in [0.05, 0.1) is 28.4 Å². The molecule has 2 heterocycles. The van der Waals surface area contributed by atoms with Crippen molar-refractivity contribution in [3.63, 3.8) is 0 Å². The lowest BCUT2D eigenvalue weighted by atomic mass is 9.95. The molecule has 1 amide bonds. The van der Waals surface area contributed by atoms with E-state index >= 15 is 0 Å². The minimum atomic E-state index is -0.923. The molecule has 36 heavy (non-hydrogen) atoms. The van der Waals surface area contributed by atoms with Crippen molar-refractivity contribution < 1.29 is 23.8 Å². The summed E-state index contributed by atoms with van der Waals surface area (Å²) < 4.78 is 19.9. The molecule has 1 N–H and O–H groups in total. The van der Waals surface area contributed by atoms with E-state index in [-0.39, 0.29) is 16.9 Å². The van der Waals surface area contributed by atoms with Crippen LogP contribution in [0.25, 0.3) is 16.0 Å². The van der Waals surface area contributed by atoms with Crippen LogP contribution in [0.15, 0.2) is 66.2 Å². The highest BCUT2D eigenvalue weighted by atomic mass is 32.1. The third kappa shape index (κ3) is 4.03. The van der Waals surface area contributed by atoms with Crippen molar-refractivity contribution in [1.82, 2.24) is 4.98 Å². The maximum atomic E-state index is 13.5. The predicted molar refractivity (Wildman–Crippen MR) is 138 cm³/mol. The molecule has 1 fully saturated rings. The number of aliphatic hydroxyl groups excluding tert-OH is 1. The van der Waals surface area contributed by atoms with Crippen LogP contribution in [0, 0.1) is 19.7 Å². The van der Waals surface area contributed by atoms with Crippen molar-refractivity contribution in [2.24, 2.45) is 0 Å². The molecule has 5 rings (SSSR count). The fourth-order valence-corrected chi connectivity index (χ4v) is 5.65. The van der Waals surface area contributed by atoms with Gasteiger partial charge in [-0.1, -0.05) is 29.5 Å². The monoisotopic (exact) mass is 502 g/mol. The van der Waals surface area contributed by atoms with E-state index in [0.717, 1.165) is 21.3 Å². The number of ketones is 1. The molecule has 3 aromatic carbocycles. The molecule has 4 aromatic rings. The molecule has 0 spiro atoms. The molecule has 0 bridgehead atoms. The summed E-state index contributed by atoms with van der Waals surface area (Å²) in [4.78, 5) is 32.8. The van der Waals surface area contributed by atoms with Gasteiger partial charge in [0.1, 0.15) is 17.3 Å². The van der Waals surface area contributed by atoms with Crippen LogP contribution >= 0.6 is 11.3 Å². The van der Waals surface area contributed by atoms with E-state index in [1.807, 2.05) is 32.9 Å². The fraction of sp³-hybridized carbons (Fsp3) is 0.179. The van der Waals surface area contributed by atoms with Gasteiger partial charge in [0, 0.05) is 5.56 Å². The Kier molecular flexibility index (Phi) is 6.05. The van der Waals surface area contributed by atoms with Crippen molar-refractivity contribution in [3.8, 4) is 5.75 Å². The average molecular weight is 503 g/mol. The summed E-state index contributed by atoms with van der Waals surface area (Å²) in [5.41, 5.74) is 3.55. The normalized spacial score (nSPS) is 17.2. The molecule has 1 saturated heterocycles. The zero-order valence-electron chi connectivity index (χ0n) is 19.9. The number of Topliss-reactive ketones (excluding diaryl/α,β-unsaturated/α-hetero) is 1. The van der Waals surface area contributed by atoms with Gasteiger partial charge >= 0.3 is 5.91 Å². The Labute approximate surface area is 211 Å². The van der Waals surface area contributed by atoms with Crippen molar-refractivity contribution in [2.45, 2.75) is 26.8 Å².